The number of aryl methyl sites for hydroxylation is 2. The molecule has 0 aromatic heterocycles. The summed E-state index contributed by atoms with van der Waals surface area (Å²) in [5.74, 6) is -0.250. The second-order valence-electron chi connectivity index (χ2n) is 7.70. The lowest BCUT2D eigenvalue weighted by Gasteiger charge is -2.30. The molecule has 0 saturated carbocycles. The third-order valence-electron chi connectivity index (χ3n) is 5.39. The summed E-state index contributed by atoms with van der Waals surface area (Å²) < 4.78 is 0. The fourth-order valence-electron chi connectivity index (χ4n) is 3.05. The average Bonchev–Trinajstić information content (AvgIpc) is 2.69. The van der Waals surface area contributed by atoms with Crippen molar-refractivity contribution in [3.05, 3.63) is 69.7 Å². The van der Waals surface area contributed by atoms with Crippen molar-refractivity contribution in [2.45, 2.75) is 66.1 Å². The maximum atomic E-state index is 13.2. The summed E-state index contributed by atoms with van der Waals surface area (Å²) in [6.07, 6.45) is 1.08. The Kier molecular flexibility index (Phi) is 8.27. The first-order valence-electron chi connectivity index (χ1n) is 10.1. The van der Waals surface area contributed by atoms with Crippen LogP contribution in [0.1, 0.15) is 49.4 Å². The van der Waals surface area contributed by atoms with Gasteiger partial charge in [-0.2, -0.15) is 0 Å². The number of carbonyl (C=O) groups excluding carboxylic acids is 2. The molecule has 0 radical (unpaired) electrons. The molecule has 0 spiro atoms. The first-order chi connectivity index (χ1) is 13.7. The van der Waals surface area contributed by atoms with Crippen molar-refractivity contribution >= 4 is 23.4 Å². The van der Waals surface area contributed by atoms with Gasteiger partial charge in [-0.25, -0.2) is 0 Å². The molecule has 0 bridgehead atoms. The van der Waals surface area contributed by atoms with Crippen molar-refractivity contribution in [3.8, 4) is 0 Å². The molecule has 0 heterocycles. The third kappa shape index (κ3) is 6.33. The Morgan fingerprint density at radius 3 is 2.38 bits per heavy atom. The molecule has 156 valence electrons. The van der Waals surface area contributed by atoms with E-state index in [-0.39, 0.29) is 24.3 Å². The van der Waals surface area contributed by atoms with Gasteiger partial charge in [0, 0.05) is 17.6 Å². The molecular weight excluding hydrogens is 384 g/mol. The lowest BCUT2D eigenvalue weighted by Crippen LogP contribution is -2.49. The van der Waals surface area contributed by atoms with Crippen LogP contribution >= 0.6 is 11.6 Å². The van der Waals surface area contributed by atoms with Gasteiger partial charge in [-0.1, -0.05) is 54.9 Å². The number of nitrogens with zero attached hydrogens (tertiary/aromatic N) is 1. The Morgan fingerprint density at radius 2 is 1.76 bits per heavy atom. The minimum atomic E-state index is -0.598. The van der Waals surface area contributed by atoms with E-state index in [9.17, 15) is 9.59 Å². The van der Waals surface area contributed by atoms with E-state index in [4.69, 9.17) is 11.6 Å². The lowest BCUT2D eigenvalue weighted by molar-refractivity contribution is -0.140. The monoisotopic (exact) mass is 414 g/mol. The maximum Gasteiger partial charge on any atom is 0.242 e. The van der Waals surface area contributed by atoms with Crippen LogP contribution in [0.15, 0.2) is 42.5 Å². The van der Waals surface area contributed by atoms with E-state index >= 15 is 0 Å². The standard InChI is InChI=1S/C24H31ClN2O2/c1-6-18(4)26-24(29)19(5)27(15-21-9-7-8-10-22(21)25)23(28)14-20-12-11-16(2)17(3)13-20/h7-13,18-19H,6,14-15H2,1-5H3,(H,26,29)/t18-,19+/m0/s1. The highest BCUT2D eigenvalue weighted by Gasteiger charge is 2.27. The normalized spacial score (nSPS) is 12.9. The fraction of sp³-hybridized carbons (Fsp3) is 0.417. The van der Waals surface area contributed by atoms with Crippen LogP contribution in [-0.2, 0) is 22.6 Å². The molecule has 2 aromatic carbocycles. The van der Waals surface area contributed by atoms with E-state index < -0.39 is 6.04 Å². The summed E-state index contributed by atoms with van der Waals surface area (Å²) in [4.78, 5) is 27.6. The smallest absolute Gasteiger partial charge is 0.242 e. The van der Waals surface area contributed by atoms with Crippen molar-refractivity contribution < 1.29 is 9.59 Å². The van der Waals surface area contributed by atoms with Gasteiger partial charge < -0.3 is 10.2 Å². The number of hydrogen-bond acceptors (Lipinski definition) is 2. The number of rotatable bonds is 8. The Labute approximate surface area is 179 Å². The summed E-state index contributed by atoms with van der Waals surface area (Å²) in [7, 11) is 0. The molecule has 0 unspecified atom stereocenters. The third-order valence-corrected chi connectivity index (χ3v) is 5.76. The van der Waals surface area contributed by atoms with Crippen LogP contribution in [-0.4, -0.2) is 28.8 Å². The number of amides is 2. The predicted octanol–water partition coefficient (Wildman–Crippen LogP) is 4.83. The number of hydrogen-bond donors (Lipinski definition) is 1. The van der Waals surface area contributed by atoms with Gasteiger partial charge in [0.1, 0.15) is 6.04 Å². The van der Waals surface area contributed by atoms with Gasteiger partial charge >= 0.3 is 0 Å². The van der Waals surface area contributed by atoms with E-state index in [0.29, 0.717) is 11.6 Å². The highest BCUT2D eigenvalue weighted by Crippen LogP contribution is 2.20. The molecule has 2 aromatic rings. The number of nitrogens with one attached hydrogen (secondary N) is 1. The van der Waals surface area contributed by atoms with E-state index in [0.717, 1.165) is 23.1 Å². The molecule has 1 N–H and O–H groups in total. The largest absolute Gasteiger partial charge is 0.352 e. The molecule has 0 aliphatic heterocycles. The first kappa shape index (κ1) is 23.0. The average molecular weight is 415 g/mol. The topological polar surface area (TPSA) is 49.4 Å². The Morgan fingerprint density at radius 1 is 1.07 bits per heavy atom. The molecule has 0 aliphatic rings. The predicted molar refractivity (Wildman–Crippen MR) is 119 cm³/mol. The molecular formula is C24H31ClN2O2. The summed E-state index contributed by atoms with van der Waals surface area (Å²) in [6, 6.07) is 12.9. The van der Waals surface area contributed by atoms with Crippen molar-refractivity contribution in [2.24, 2.45) is 0 Å². The zero-order chi connectivity index (χ0) is 21.6. The maximum absolute atomic E-state index is 13.2. The molecule has 4 nitrogen and oxygen atoms in total. The van der Waals surface area contributed by atoms with E-state index in [2.05, 4.69) is 5.32 Å². The van der Waals surface area contributed by atoms with Crippen molar-refractivity contribution in [1.82, 2.24) is 10.2 Å². The second kappa shape index (κ2) is 10.4. The van der Waals surface area contributed by atoms with E-state index in [1.807, 2.05) is 64.1 Å². The number of carbonyl (C=O) groups is 2. The molecule has 2 amide bonds. The lowest BCUT2D eigenvalue weighted by atomic mass is 10.0. The van der Waals surface area contributed by atoms with E-state index in [1.54, 1.807) is 17.9 Å². The van der Waals surface area contributed by atoms with Gasteiger partial charge in [0.15, 0.2) is 0 Å². The van der Waals surface area contributed by atoms with Gasteiger partial charge in [0.25, 0.3) is 0 Å². The minimum absolute atomic E-state index is 0.0574. The molecule has 29 heavy (non-hydrogen) atoms. The quantitative estimate of drug-likeness (QED) is 0.672. The first-order valence-corrected chi connectivity index (χ1v) is 10.5. The molecule has 0 saturated heterocycles. The number of benzene rings is 2. The van der Waals surface area contributed by atoms with Crippen LogP contribution in [0.2, 0.25) is 5.02 Å². The van der Waals surface area contributed by atoms with Crippen LogP contribution < -0.4 is 5.32 Å². The number of halogens is 1. The summed E-state index contributed by atoms with van der Waals surface area (Å²) >= 11 is 6.32. The zero-order valence-corrected chi connectivity index (χ0v) is 18.7. The summed E-state index contributed by atoms with van der Waals surface area (Å²) in [5, 5.41) is 3.57. The van der Waals surface area contributed by atoms with Crippen molar-refractivity contribution in [1.29, 1.82) is 0 Å². The molecule has 0 aliphatic carbocycles. The van der Waals surface area contributed by atoms with Gasteiger partial charge in [-0.15, -0.1) is 0 Å². The second-order valence-corrected chi connectivity index (χ2v) is 8.11. The molecule has 0 fully saturated rings. The van der Waals surface area contributed by atoms with Gasteiger partial charge in [0.05, 0.1) is 6.42 Å². The molecule has 5 heteroatoms. The van der Waals surface area contributed by atoms with Gasteiger partial charge in [-0.05, 0) is 62.4 Å². The Hall–Kier alpha value is -2.33. The molecule has 2 rings (SSSR count). The Bertz CT molecular complexity index is 866. The van der Waals surface area contributed by atoms with Crippen LogP contribution in [0.5, 0.6) is 0 Å². The van der Waals surface area contributed by atoms with Crippen molar-refractivity contribution in [3.63, 3.8) is 0 Å². The van der Waals surface area contributed by atoms with Crippen LogP contribution in [0, 0.1) is 13.8 Å². The van der Waals surface area contributed by atoms with E-state index in [1.165, 1.54) is 5.56 Å². The van der Waals surface area contributed by atoms with Crippen LogP contribution in [0.4, 0.5) is 0 Å². The minimum Gasteiger partial charge on any atom is -0.352 e. The highest BCUT2D eigenvalue weighted by atomic mass is 35.5. The Balaban J connectivity index is 2.27. The van der Waals surface area contributed by atoms with Crippen molar-refractivity contribution in [2.75, 3.05) is 0 Å². The molecule has 2 atom stereocenters. The zero-order valence-electron chi connectivity index (χ0n) is 18.0. The van der Waals surface area contributed by atoms with Gasteiger partial charge in [-0.3, -0.25) is 9.59 Å². The van der Waals surface area contributed by atoms with Crippen LogP contribution in [0.3, 0.4) is 0 Å². The summed E-state index contributed by atoms with van der Waals surface area (Å²) in [5.41, 5.74) is 4.11. The summed E-state index contributed by atoms with van der Waals surface area (Å²) in [6.45, 7) is 10.1. The van der Waals surface area contributed by atoms with Gasteiger partial charge in [0.2, 0.25) is 11.8 Å². The SMILES string of the molecule is CC[C@H](C)NC(=O)[C@@H](C)N(Cc1ccccc1Cl)C(=O)Cc1ccc(C)c(C)c1. The fourth-order valence-corrected chi connectivity index (χ4v) is 3.24. The highest BCUT2D eigenvalue weighted by molar-refractivity contribution is 6.31. The van der Waals surface area contributed by atoms with Crippen LogP contribution in [0.25, 0.3) is 0 Å².